The third-order valence-electron chi connectivity index (χ3n) is 5.98. The second-order valence-corrected chi connectivity index (χ2v) is 8.19. The Morgan fingerprint density at radius 1 is 1.31 bits per heavy atom. The van der Waals surface area contributed by atoms with Gasteiger partial charge in [0.2, 0.25) is 5.95 Å². The summed E-state index contributed by atoms with van der Waals surface area (Å²) >= 11 is 5.86. The molecule has 2 heterocycles. The zero-order valence-electron chi connectivity index (χ0n) is 18.1. The lowest BCUT2D eigenvalue weighted by Gasteiger charge is -2.31. The fourth-order valence-corrected chi connectivity index (χ4v) is 4.59. The van der Waals surface area contributed by atoms with Gasteiger partial charge in [-0.05, 0) is 56.6 Å². The van der Waals surface area contributed by atoms with Crippen LogP contribution < -0.4 is 10.8 Å². The highest BCUT2D eigenvalue weighted by Crippen LogP contribution is 2.28. The Balaban J connectivity index is 1.64. The Hall–Kier alpha value is -2.75. The first kappa shape index (κ1) is 22.4. The molecule has 4 N–H and O–H groups in total. The van der Waals surface area contributed by atoms with E-state index in [4.69, 9.17) is 11.6 Å². The number of H-pyrrole nitrogens is 1. The molecule has 0 bridgehead atoms. The molecular weight excluding hydrogens is 433 g/mol. The first-order chi connectivity index (χ1) is 15.5. The van der Waals surface area contributed by atoms with Crippen LogP contribution in [0.2, 0.25) is 5.02 Å². The zero-order chi connectivity index (χ0) is 22.7. The Morgan fingerprint density at radius 3 is 2.84 bits per heavy atom. The molecule has 4 rings (SSSR count). The molecule has 0 radical (unpaired) electrons. The topological polar surface area (TPSA) is 101 Å². The van der Waals surface area contributed by atoms with Gasteiger partial charge in [0.25, 0.3) is 0 Å². The quantitative estimate of drug-likeness (QED) is 0.236. The number of halogens is 2. The molecule has 1 saturated carbocycles. The number of imidazole rings is 1. The minimum Gasteiger partial charge on any atom is -0.351 e. The highest BCUT2D eigenvalue weighted by Gasteiger charge is 2.31. The first-order valence-corrected chi connectivity index (χ1v) is 11.2. The van der Waals surface area contributed by atoms with Gasteiger partial charge in [-0.2, -0.15) is 4.98 Å². The summed E-state index contributed by atoms with van der Waals surface area (Å²) < 4.78 is 13.5. The summed E-state index contributed by atoms with van der Waals surface area (Å²) in [7, 11) is 0. The number of aromatic amines is 1. The summed E-state index contributed by atoms with van der Waals surface area (Å²) in [6, 6.07) is 6.56. The number of pyridine rings is 1. The van der Waals surface area contributed by atoms with Gasteiger partial charge in [0.05, 0.1) is 16.2 Å². The number of likely N-dealkylation sites (N-methyl/N-ethyl adjacent to an activating group) is 1. The number of amidine groups is 1. The summed E-state index contributed by atoms with van der Waals surface area (Å²) in [6.45, 7) is 6.40. The highest BCUT2D eigenvalue weighted by atomic mass is 35.5. The fourth-order valence-electron chi connectivity index (χ4n) is 4.42. The fraction of sp³-hybridized carbons (Fsp3) is 0.409. The lowest BCUT2D eigenvalue weighted by molar-refractivity contribution is 0.210. The number of rotatable bonds is 7. The third-order valence-corrected chi connectivity index (χ3v) is 6.27. The van der Waals surface area contributed by atoms with E-state index in [1.807, 2.05) is 0 Å². The van der Waals surface area contributed by atoms with E-state index < -0.39 is 5.82 Å². The molecule has 32 heavy (non-hydrogen) atoms. The van der Waals surface area contributed by atoms with Crippen molar-refractivity contribution in [3.05, 3.63) is 46.9 Å². The highest BCUT2D eigenvalue weighted by molar-refractivity contribution is 6.31. The summed E-state index contributed by atoms with van der Waals surface area (Å²) in [6.07, 6.45) is 5.01. The molecule has 1 aliphatic carbocycles. The molecule has 0 aliphatic heterocycles. The van der Waals surface area contributed by atoms with Crippen LogP contribution in [0.1, 0.15) is 38.7 Å². The van der Waals surface area contributed by atoms with E-state index in [0.29, 0.717) is 40.4 Å². The van der Waals surface area contributed by atoms with Gasteiger partial charge in [0.1, 0.15) is 5.82 Å². The summed E-state index contributed by atoms with van der Waals surface area (Å²) in [4.78, 5) is 19.1. The normalized spacial score (nSPS) is 19.1. The van der Waals surface area contributed by atoms with Crippen molar-refractivity contribution in [1.29, 1.82) is 0 Å². The number of aliphatic imine (C=N–C) groups is 1. The van der Waals surface area contributed by atoms with Gasteiger partial charge in [0.15, 0.2) is 11.5 Å². The van der Waals surface area contributed by atoms with Crippen LogP contribution in [-0.2, 0) is 0 Å². The molecule has 0 amide bonds. The van der Waals surface area contributed by atoms with Crippen LogP contribution in [0.5, 0.6) is 0 Å². The summed E-state index contributed by atoms with van der Waals surface area (Å²) in [5.41, 5.74) is 4.22. The molecule has 170 valence electrons. The molecule has 0 saturated heterocycles. The molecule has 1 fully saturated rings. The lowest BCUT2D eigenvalue weighted by atomic mass is 10.1. The van der Waals surface area contributed by atoms with Gasteiger partial charge >= 0.3 is 0 Å². The maximum Gasteiger partial charge on any atom is 0.203 e. The van der Waals surface area contributed by atoms with E-state index in [1.165, 1.54) is 24.6 Å². The molecule has 0 unspecified atom stereocenters. The average molecular weight is 460 g/mol. The standard InChI is InChI=1S/C22H27ClFN7O/c1-3-31(4-2)18-7-5-6-17(18)27-22-28-19-14(10-11-25-21(19)29-22)20(30-32)26-13-8-9-16(24)15(23)12-13/h8-12,17-18,32H,3-7H2,1-2H3,(H,26,30)(H2,25,27,28,29)/t17-,18-/m0/s1. The van der Waals surface area contributed by atoms with Crippen LogP contribution >= 0.6 is 11.6 Å². The Labute approximate surface area is 190 Å². The Kier molecular flexibility index (Phi) is 6.88. The smallest absolute Gasteiger partial charge is 0.203 e. The van der Waals surface area contributed by atoms with E-state index in [-0.39, 0.29) is 10.9 Å². The molecule has 0 spiro atoms. The number of hydrogen-bond acceptors (Lipinski definition) is 6. The van der Waals surface area contributed by atoms with Crippen molar-refractivity contribution in [2.45, 2.75) is 45.2 Å². The van der Waals surface area contributed by atoms with Gasteiger partial charge in [0, 0.05) is 23.8 Å². The van der Waals surface area contributed by atoms with E-state index in [0.717, 1.165) is 25.9 Å². The van der Waals surface area contributed by atoms with Crippen molar-refractivity contribution in [2.75, 3.05) is 18.4 Å². The van der Waals surface area contributed by atoms with Crippen molar-refractivity contribution >= 4 is 40.2 Å². The molecular formula is C22H27ClFN7O. The molecule has 2 atom stereocenters. The van der Waals surface area contributed by atoms with Crippen molar-refractivity contribution < 1.29 is 9.60 Å². The minimum atomic E-state index is -0.533. The Morgan fingerprint density at radius 2 is 2.12 bits per heavy atom. The number of nitrogens with zero attached hydrogens (tertiary/aromatic N) is 4. The van der Waals surface area contributed by atoms with E-state index in [1.54, 1.807) is 12.3 Å². The van der Waals surface area contributed by atoms with Gasteiger partial charge in [-0.1, -0.05) is 25.4 Å². The third kappa shape index (κ3) is 4.55. The van der Waals surface area contributed by atoms with Crippen molar-refractivity contribution in [3.63, 3.8) is 0 Å². The molecule has 3 aromatic rings. The van der Waals surface area contributed by atoms with E-state index in [2.05, 4.69) is 49.5 Å². The van der Waals surface area contributed by atoms with Crippen LogP contribution in [0.3, 0.4) is 0 Å². The van der Waals surface area contributed by atoms with E-state index >= 15 is 0 Å². The number of fused-ring (bicyclic) bond motifs is 1. The number of hydrogen-bond donors (Lipinski definition) is 4. The first-order valence-electron chi connectivity index (χ1n) is 10.8. The van der Waals surface area contributed by atoms with Gasteiger partial charge in [-0.15, -0.1) is 0 Å². The number of benzene rings is 1. The summed E-state index contributed by atoms with van der Waals surface area (Å²) in [5.74, 6) is 0.262. The molecule has 2 aromatic heterocycles. The van der Waals surface area contributed by atoms with Crippen molar-refractivity contribution in [2.24, 2.45) is 4.99 Å². The maximum atomic E-state index is 13.5. The van der Waals surface area contributed by atoms with Crippen molar-refractivity contribution in [1.82, 2.24) is 25.3 Å². The maximum absolute atomic E-state index is 13.5. The van der Waals surface area contributed by atoms with Crippen LogP contribution in [0.25, 0.3) is 11.2 Å². The van der Waals surface area contributed by atoms with Gasteiger partial charge in [-0.3, -0.25) is 15.6 Å². The monoisotopic (exact) mass is 459 g/mol. The molecule has 8 nitrogen and oxygen atoms in total. The largest absolute Gasteiger partial charge is 0.351 e. The number of nitrogens with one attached hydrogen (secondary N) is 3. The zero-order valence-corrected chi connectivity index (χ0v) is 18.8. The second kappa shape index (κ2) is 9.81. The average Bonchev–Trinajstić information content (AvgIpc) is 3.42. The van der Waals surface area contributed by atoms with Gasteiger partial charge in [-0.25, -0.2) is 14.4 Å². The Bertz CT molecular complexity index is 1110. The van der Waals surface area contributed by atoms with E-state index in [9.17, 15) is 9.60 Å². The molecule has 1 aromatic carbocycles. The van der Waals surface area contributed by atoms with Crippen LogP contribution in [-0.4, -0.2) is 56.1 Å². The van der Waals surface area contributed by atoms with Crippen LogP contribution in [0.4, 0.5) is 16.0 Å². The lowest BCUT2D eigenvalue weighted by Crippen LogP contribution is -2.43. The van der Waals surface area contributed by atoms with Crippen LogP contribution in [0, 0.1) is 5.82 Å². The SMILES string of the molecule is CCN(CC)[C@H]1CCC[C@@H]1Nc1nc2nccc(C(=Nc3ccc(F)c(Cl)c3)NO)c2[nH]1. The molecule has 1 aliphatic rings. The number of aromatic nitrogens is 3. The summed E-state index contributed by atoms with van der Waals surface area (Å²) in [5, 5.41) is 13.2. The number of hydroxylamine groups is 1. The van der Waals surface area contributed by atoms with Crippen LogP contribution in [0.15, 0.2) is 35.5 Å². The second-order valence-electron chi connectivity index (χ2n) is 7.78. The van der Waals surface area contributed by atoms with Gasteiger partial charge < -0.3 is 10.3 Å². The predicted octanol–water partition coefficient (Wildman–Crippen LogP) is 4.48. The number of anilines is 1. The minimum absolute atomic E-state index is 0.0456. The molecule has 10 heteroatoms. The van der Waals surface area contributed by atoms with Crippen molar-refractivity contribution in [3.8, 4) is 0 Å². The predicted molar refractivity (Wildman–Crippen MR) is 124 cm³/mol.